The lowest BCUT2D eigenvalue weighted by Gasteiger charge is -2.21. The van der Waals surface area contributed by atoms with Crippen LogP contribution in [0.2, 0.25) is 0 Å². The first-order chi connectivity index (χ1) is 26.4. The van der Waals surface area contributed by atoms with Gasteiger partial charge in [0, 0.05) is 14.1 Å². The summed E-state index contributed by atoms with van der Waals surface area (Å²) in [6.45, 7) is 0. The zero-order valence-electron chi connectivity index (χ0n) is 28.5. The van der Waals surface area contributed by atoms with Gasteiger partial charge >= 0.3 is 6.03 Å². The van der Waals surface area contributed by atoms with E-state index in [-0.39, 0.29) is 51.3 Å². The van der Waals surface area contributed by atoms with Crippen LogP contribution in [0.1, 0.15) is 0 Å². The minimum atomic E-state index is -1.20. The number of nitrogens with one attached hydrogen (secondary N) is 1. The number of rotatable bonds is 6. The third-order valence-electron chi connectivity index (χ3n) is 8.13. The van der Waals surface area contributed by atoms with Crippen LogP contribution in [0.25, 0.3) is 45.1 Å². The lowest BCUT2D eigenvalue weighted by Crippen LogP contribution is -2.34. The normalized spacial score (nSPS) is 11.1. The van der Waals surface area contributed by atoms with Gasteiger partial charge in [-0.3, -0.25) is 0 Å². The number of hydrogen-bond donors (Lipinski definition) is 2. The highest BCUT2D eigenvalue weighted by Gasteiger charge is 2.29. The Morgan fingerprint density at radius 1 is 0.600 bits per heavy atom. The zero-order chi connectivity index (χ0) is 39.0. The van der Waals surface area contributed by atoms with Crippen molar-refractivity contribution in [2.75, 3.05) is 10.2 Å². The first-order valence-corrected chi connectivity index (χ1v) is 16.1. The molecule has 4 aromatic heterocycles. The van der Waals surface area contributed by atoms with E-state index in [4.69, 9.17) is 5.73 Å². The molecule has 0 aliphatic carbocycles. The number of urea groups is 1. The molecule has 12 nitrogen and oxygen atoms in total. The molecule has 8 aromatic rings. The lowest BCUT2D eigenvalue weighted by molar-refractivity contribution is 0.255. The van der Waals surface area contributed by atoms with Gasteiger partial charge in [-0.05, 0) is 48.5 Å². The fourth-order valence-electron chi connectivity index (χ4n) is 5.53. The SMILES string of the molecule is Cn1cnc2c(N(C(N)=O)c3c(F)cccc3F)nc(-c3ccccc3F)nc21.Cn1cnc2c(Nc3c(F)cccc3F)nc(-c3ccccc3F)nc21. The summed E-state index contributed by atoms with van der Waals surface area (Å²) in [6, 6.07) is 17.2. The predicted molar refractivity (Wildman–Crippen MR) is 191 cm³/mol. The van der Waals surface area contributed by atoms with E-state index in [1.807, 2.05) is 0 Å². The Hall–Kier alpha value is -7.37. The first-order valence-electron chi connectivity index (χ1n) is 16.1. The lowest BCUT2D eigenvalue weighted by atomic mass is 10.2. The van der Waals surface area contributed by atoms with Crippen molar-refractivity contribution < 1.29 is 31.1 Å². The number of carbonyl (C=O) groups excluding carboxylic acids is 1. The quantitative estimate of drug-likeness (QED) is 0.163. The second-order valence-corrected chi connectivity index (χ2v) is 11.7. The van der Waals surface area contributed by atoms with E-state index in [9.17, 15) is 31.1 Å². The standard InChI is InChI=1S/C19H13F3N6O.C18H12F3N5/c1-27-9-24-14-17(27)25-16(10-5-2-3-6-11(10)20)26-18(14)28(19(23)29)15-12(21)7-4-8-13(15)22;1-26-9-22-15-17(23-14-12(20)7-4-8-13(14)21)24-16(25-18(15)26)10-5-2-3-6-11(10)19/h2-9H,1H3,(H2,23,29);2-9H,1H3,(H,23,24,25). The Labute approximate surface area is 306 Å². The Morgan fingerprint density at radius 2 is 1.05 bits per heavy atom. The summed E-state index contributed by atoms with van der Waals surface area (Å²) in [7, 11) is 3.33. The molecule has 0 spiro atoms. The van der Waals surface area contributed by atoms with E-state index in [0.29, 0.717) is 16.1 Å². The number of primary amides is 1. The molecule has 0 aliphatic rings. The maximum absolute atomic E-state index is 14.4. The van der Waals surface area contributed by atoms with Crippen LogP contribution in [0.3, 0.4) is 0 Å². The number of imidazole rings is 2. The molecule has 0 fully saturated rings. The predicted octanol–water partition coefficient (Wildman–Crippen LogP) is 7.86. The average molecular weight is 754 g/mol. The molecule has 0 radical (unpaired) electrons. The molecule has 0 saturated carbocycles. The van der Waals surface area contributed by atoms with Crippen molar-refractivity contribution in [1.82, 2.24) is 39.0 Å². The third kappa shape index (κ3) is 6.83. The summed E-state index contributed by atoms with van der Waals surface area (Å²) < 4.78 is 88.4. The minimum absolute atomic E-state index is 0.0373. The average Bonchev–Trinajstić information content (AvgIpc) is 3.73. The van der Waals surface area contributed by atoms with Gasteiger partial charge < -0.3 is 20.2 Å². The molecule has 4 heterocycles. The minimum Gasteiger partial charge on any atom is -0.351 e. The number of benzene rings is 4. The van der Waals surface area contributed by atoms with Crippen LogP contribution in [0.15, 0.2) is 97.6 Å². The van der Waals surface area contributed by atoms with Gasteiger partial charge in [0.25, 0.3) is 0 Å². The monoisotopic (exact) mass is 753 g/mol. The molecule has 18 heteroatoms. The van der Waals surface area contributed by atoms with Crippen molar-refractivity contribution in [3.8, 4) is 22.8 Å². The van der Waals surface area contributed by atoms with Gasteiger partial charge in [0.2, 0.25) is 0 Å². The summed E-state index contributed by atoms with van der Waals surface area (Å²) in [5.41, 5.74) is 5.57. The van der Waals surface area contributed by atoms with E-state index in [1.165, 1.54) is 53.6 Å². The Kier molecular flexibility index (Phi) is 9.54. The fraction of sp³-hybridized carbons (Fsp3) is 0.0541. The highest BCUT2D eigenvalue weighted by atomic mass is 19.2. The third-order valence-corrected chi connectivity index (χ3v) is 8.13. The number of halogens is 6. The molecule has 0 saturated heterocycles. The molecule has 2 amide bonds. The smallest absolute Gasteiger partial charge is 0.325 e. The van der Waals surface area contributed by atoms with E-state index < -0.39 is 46.6 Å². The maximum Gasteiger partial charge on any atom is 0.325 e. The van der Waals surface area contributed by atoms with Crippen molar-refractivity contribution >= 4 is 51.4 Å². The van der Waals surface area contributed by atoms with Crippen LogP contribution in [-0.2, 0) is 14.1 Å². The number of hydrogen-bond acceptors (Lipinski definition) is 8. The summed E-state index contributed by atoms with van der Waals surface area (Å²) in [6.07, 6.45) is 2.87. The number of para-hydroxylation sites is 2. The van der Waals surface area contributed by atoms with Crippen molar-refractivity contribution in [1.29, 1.82) is 0 Å². The van der Waals surface area contributed by atoms with Gasteiger partial charge in [-0.25, -0.2) is 65.9 Å². The maximum atomic E-state index is 14.4. The fourth-order valence-corrected chi connectivity index (χ4v) is 5.53. The van der Waals surface area contributed by atoms with Crippen LogP contribution in [0.4, 0.5) is 54.1 Å². The molecule has 4 aromatic carbocycles. The Bertz CT molecular complexity index is 2710. The summed E-state index contributed by atoms with van der Waals surface area (Å²) in [5, 5.41) is 2.63. The van der Waals surface area contributed by atoms with Crippen molar-refractivity contribution in [2.45, 2.75) is 0 Å². The van der Waals surface area contributed by atoms with Gasteiger partial charge in [0.15, 0.2) is 45.6 Å². The van der Waals surface area contributed by atoms with Gasteiger partial charge in [-0.1, -0.05) is 36.4 Å². The summed E-state index contributed by atoms with van der Waals surface area (Å²) >= 11 is 0. The highest BCUT2D eigenvalue weighted by Crippen LogP contribution is 2.35. The molecular weight excluding hydrogens is 728 g/mol. The highest BCUT2D eigenvalue weighted by molar-refractivity contribution is 6.04. The number of aromatic nitrogens is 8. The Morgan fingerprint density at radius 3 is 1.58 bits per heavy atom. The summed E-state index contributed by atoms with van der Waals surface area (Å²) in [4.78, 5) is 38.1. The molecule has 0 bridgehead atoms. The second kappa shape index (κ2) is 14.6. The van der Waals surface area contributed by atoms with E-state index in [0.717, 1.165) is 30.3 Å². The Balaban J connectivity index is 0.000000170. The number of fused-ring (bicyclic) bond motifs is 2. The van der Waals surface area contributed by atoms with Crippen molar-refractivity contribution in [3.05, 3.63) is 132 Å². The largest absolute Gasteiger partial charge is 0.351 e. The number of nitrogens with zero attached hydrogens (tertiary/aromatic N) is 9. The van der Waals surface area contributed by atoms with Crippen LogP contribution in [0.5, 0.6) is 0 Å². The molecule has 55 heavy (non-hydrogen) atoms. The summed E-state index contributed by atoms with van der Waals surface area (Å²) in [5.74, 6) is -4.93. The molecular formula is C37H25F6N11O. The molecule has 3 N–H and O–H groups in total. The molecule has 276 valence electrons. The molecule has 0 atom stereocenters. The van der Waals surface area contributed by atoms with Gasteiger partial charge in [-0.2, -0.15) is 0 Å². The molecule has 8 rings (SSSR count). The number of amides is 2. The van der Waals surface area contributed by atoms with E-state index >= 15 is 0 Å². The zero-order valence-corrected chi connectivity index (χ0v) is 28.5. The number of anilines is 4. The molecule has 0 aliphatic heterocycles. The number of carbonyl (C=O) groups is 1. The topological polar surface area (TPSA) is 146 Å². The first kappa shape index (κ1) is 36.0. The number of aryl methyl sites for hydroxylation is 2. The number of nitrogens with two attached hydrogens (primary N) is 1. The van der Waals surface area contributed by atoms with Crippen LogP contribution >= 0.6 is 0 Å². The van der Waals surface area contributed by atoms with Crippen LogP contribution in [0, 0.1) is 34.9 Å². The van der Waals surface area contributed by atoms with Gasteiger partial charge in [0.05, 0.1) is 23.8 Å². The van der Waals surface area contributed by atoms with Crippen molar-refractivity contribution in [3.63, 3.8) is 0 Å². The molecule has 0 unspecified atom stereocenters. The van der Waals surface area contributed by atoms with Crippen LogP contribution < -0.4 is 16.0 Å². The van der Waals surface area contributed by atoms with Crippen LogP contribution in [-0.4, -0.2) is 45.1 Å². The van der Waals surface area contributed by atoms with Crippen molar-refractivity contribution in [2.24, 2.45) is 19.8 Å². The van der Waals surface area contributed by atoms with Gasteiger partial charge in [0.1, 0.15) is 46.3 Å². The van der Waals surface area contributed by atoms with E-state index in [1.54, 1.807) is 36.9 Å². The van der Waals surface area contributed by atoms with E-state index in [2.05, 4.69) is 35.2 Å². The second-order valence-electron chi connectivity index (χ2n) is 11.7. The van der Waals surface area contributed by atoms with Gasteiger partial charge in [-0.15, -0.1) is 0 Å².